The summed E-state index contributed by atoms with van der Waals surface area (Å²) in [5, 5.41) is 16.2. The van der Waals surface area contributed by atoms with Gasteiger partial charge in [0, 0.05) is 23.2 Å². The zero-order chi connectivity index (χ0) is 16.8. The predicted octanol–water partition coefficient (Wildman–Crippen LogP) is 4.37. The number of benzene rings is 2. The van der Waals surface area contributed by atoms with Crippen molar-refractivity contribution >= 4 is 44.9 Å². The van der Waals surface area contributed by atoms with E-state index < -0.39 is 11.0 Å². The Labute approximate surface area is 146 Å². The standard InChI is InChI=1S/C15H13BrClN3O3/c16-12-4-2-1-3-10(12)7-8-18-15(21)19-14-9-11(20(22)23)5-6-13(14)17/h1-6,9H,7-8H2,(H2,18,19,21). The van der Waals surface area contributed by atoms with Crippen LogP contribution in [0, 0.1) is 10.1 Å². The third-order valence-electron chi connectivity index (χ3n) is 3.05. The SMILES string of the molecule is O=C(NCCc1ccccc1Br)Nc1cc([N+](=O)[O-])ccc1Cl. The lowest BCUT2D eigenvalue weighted by molar-refractivity contribution is -0.384. The van der Waals surface area contributed by atoms with Gasteiger partial charge in [0.05, 0.1) is 15.6 Å². The number of nitrogens with zero attached hydrogens (tertiary/aromatic N) is 1. The average molecular weight is 399 g/mol. The molecule has 2 N–H and O–H groups in total. The predicted molar refractivity (Wildman–Crippen MR) is 93.0 cm³/mol. The maximum absolute atomic E-state index is 11.9. The molecule has 0 aliphatic carbocycles. The van der Waals surface area contributed by atoms with Crippen molar-refractivity contribution in [2.75, 3.05) is 11.9 Å². The van der Waals surface area contributed by atoms with Gasteiger partial charge in [0.25, 0.3) is 5.69 Å². The molecule has 0 aromatic heterocycles. The van der Waals surface area contributed by atoms with Crippen LogP contribution in [0.4, 0.5) is 16.2 Å². The van der Waals surface area contributed by atoms with Crippen LogP contribution in [-0.2, 0) is 6.42 Å². The zero-order valence-corrected chi connectivity index (χ0v) is 14.2. The molecule has 0 heterocycles. The first kappa shape index (κ1) is 17.2. The van der Waals surface area contributed by atoms with Crippen LogP contribution in [0.1, 0.15) is 5.56 Å². The molecule has 6 nitrogen and oxygen atoms in total. The van der Waals surface area contributed by atoms with E-state index in [4.69, 9.17) is 11.6 Å². The first-order chi connectivity index (χ1) is 11.0. The van der Waals surface area contributed by atoms with Crippen molar-refractivity contribution in [1.29, 1.82) is 0 Å². The fourth-order valence-corrected chi connectivity index (χ4v) is 2.55. The Kier molecular flexibility index (Phi) is 5.95. The van der Waals surface area contributed by atoms with Crippen LogP contribution in [0.2, 0.25) is 5.02 Å². The Bertz CT molecular complexity index is 740. The number of nitro benzene ring substituents is 1. The minimum Gasteiger partial charge on any atom is -0.338 e. The maximum Gasteiger partial charge on any atom is 0.319 e. The molecule has 0 unspecified atom stereocenters. The minimum atomic E-state index is -0.549. The average Bonchev–Trinajstić information content (AvgIpc) is 2.51. The number of carbonyl (C=O) groups is 1. The van der Waals surface area contributed by atoms with Crippen molar-refractivity contribution in [2.24, 2.45) is 0 Å². The van der Waals surface area contributed by atoms with Crippen molar-refractivity contribution in [2.45, 2.75) is 6.42 Å². The molecule has 0 saturated heterocycles. The van der Waals surface area contributed by atoms with Crippen molar-refractivity contribution in [1.82, 2.24) is 5.32 Å². The quantitative estimate of drug-likeness (QED) is 0.579. The fraction of sp³-hybridized carbons (Fsp3) is 0.133. The molecule has 0 saturated carbocycles. The van der Waals surface area contributed by atoms with Crippen LogP contribution in [0.3, 0.4) is 0 Å². The van der Waals surface area contributed by atoms with Crippen LogP contribution in [-0.4, -0.2) is 17.5 Å². The Hall–Kier alpha value is -2.12. The molecule has 0 fully saturated rings. The lowest BCUT2D eigenvalue weighted by Gasteiger charge is -2.09. The molecule has 0 bridgehead atoms. The zero-order valence-electron chi connectivity index (χ0n) is 11.9. The second kappa shape index (κ2) is 7.94. The summed E-state index contributed by atoms with van der Waals surface area (Å²) < 4.78 is 0.976. The molecule has 2 aromatic carbocycles. The number of nitro groups is 1. The molecule has 0 aliphatic heterocycles. The van der Waals surface area contributed by atoms with Crippen LogP contribution >= 0.6 is 27.5 Å². The smallest absolute Gasteiger partial charge is 0.319 e. The molecule has 0 spiro atoms. The van der Waals surface area contributed by atoms with Gasteiger partial charge in [0.15, 0.2) is 0 Å². The Morgan fingerprint density at radius 1 is 1.26 bits per heavy atom. The highest BCUT2D eigenvalue weighted by atomic mass is 79.9. The highest BCUT2D eigenvalue weighted by molar-refractivity contribution is 9.10. The molecule has 8 heteroatoms. The van der Waals surface area contributed by atoms with E-state index in [9.17, 15) is 14.9 Å². The number of anilines is 1. The summed E-state index contributed by atoms with van der Waals surface area (Å²) >= 11 is 9.36. The number of non-ortho nitro benzene ring substituents is 1. The van der Waals surface area contributed by atoms with Crippen LogP contribution in [0.25, 0.3) is 0 Å². The molecule has 23 heavy (non-hydrogen) atoms. The van der Waals surface area contributed by atoms with Gasteiger partial charge in [0.1, 0.15) is 0 Å². The van der Waals surface area contributed by atoms with Gasteiger partial charge < -0.3 is 10.6 Å². The third kappa shape index (κ3) is 4.94. The van der Waals surface area contributed by atoms with Gasteiger partial charge in [-0.25, -0.2) is 4.79 Å². The number of rotatable bonds is 5. The number of carbonyl (C=O) groups excluding carboxylic acids is 1. The highest BCUT2D eigenvalue weighted by Gasteiger charge is 2.12. The lowest BCUT2D eigenvalue weighted by Crippen LogP contribution is -2.30. The van der Waals surface area contributed by atoms with Crippen molar-refractivity contribution in [3.05, 3.63) is 67.6 Å². The highest BCUT2D eigenvalue weighted by Crippen LogP contribution is 2.26. The normalized spacial score (nSPS) is 10.2. The number of urea groups is 1. The summed E-state index contributed by atoms with van der Waals surface area (Å²) in [5.41, 5.74) is 1.12. The topological polar surface area (TPSA) is 84.3 Å². The largest absolute Gasteiger partial charge is 0.338 e. The molecule has 2 aromatic rings. The van der Waals surface area contributed by atoms with Crippen LogP contribution in [0.5, 0.6) is 0 Å². The Morgan fingerprint density at radius 2 is 2.00 bits per heavy atom. The van der Waals surface area contributed by atoms with Crippen molar-refractivity contribution in [3.63, 3.8) is 0 Å². The molecular weight excluding hydrogens is 386 g/mol. The van der Waals surface area contributed by atoms with Gasteiger partial charge in [-0.15, -0.1) is 0 Å². The molecule has 2 rings (SSSR count). The summed E-state index contributed by atoms with van der Waals surface area (Å²) in [6.45, 7) is 0.418. The van der Waals surface area contributed by atoms with E-state index in [2.05, 4.69) is 26.6 Å². The summed E-state index contributed by atoms with van der Waals surface area (Å²) in [7, 11) is 0. The van der Waals surface area contributed by atoms with E-state index in [1.54, 1.807) is 0 Å². The molecule has 0 radical (unpaired) electrons. The first-order valence-corrected chi connectivity index (χ1v) is 7.86. The number of halogens is 2. The van der Waals surface area contributed by atoms with Gasteiger partial charge in [-0.2, -0.15) is 0 Å². The summed E-state index contributed by atoms with van der Waals surface area (Å²) in [6, 6.07) is 11.1. The summed E-state index contributed by atoms with van der Waals surface area (Å²) in [5.74, 6) is 0. The first-order valence-electron chi connectivity index (χ1n) is 6.69. The number of amides is 2. The minimum absolute atomic E-state index is 0.141. The van der Waals surface area contributed by atoms with Gasteiger partial charge in [-0.05, 0) is 24.1 Å². The van der Waals surface area contributed by atoms with Crippen molar-refractivity contribution in [3.8, 4) is 0 Å². The van der Waals surface area contributed by atoms with E-state index in [-0.39, 0.29) is 16.4 Å². The second-order valence-electron chi connectivity index (χ2n) is 4.64. The van der Waals surface area contributed by atoms with E-state index in [1.807, 2.05) is 24.3 Å². The third-order valence-corrected chi connectivity index (χ3v) is 4.15. The van der Waals surface area contributed by atoms with Gasteiger partial charge in [-0.3, -0.25) is 10.1 Å². The fourth-order valence-electron chi connectivity index (χ4n) is 1.90. The summed E-state index contributed by atoms with van der Waals surface area (Å²) in [4.78, 5) is 22.1. The van der Waals surface area contributed by atoms with Crippen LogP contribution < -0.4 is 10.6 Å². The van der Waals surface area contributed by atoms with E-state index >= 15 is 0 Å². The molecule has 2 amide bonds. The van der Waals surface area contributed by atoms with Gasteiger partial charge in [0.2, 0.25) is 0 Å². The number of hydrogen-bond acceptors (Lipinski definition) is 3. The Morgan fingerprint density at radius 3 is 2.70 bits per heavy atom. The van der Waals surface area contributed by atoms with E-state index in [0.717, 1.165) is 10.0 Å². The Balaban J connectivity index is 1.91. The molecule has 0 aliphatic rings. The van der Waals surface area contributed by atoms with E-state index in [0.29, 0.717) is 13.0 Å². The van der Waals surface area contributed by atoms with Crippen LogP contribution in [0.15, 0.2) is 46.9 Å². The monoisotopic (exact) mass is 397 g/mol. The van der Waals surface area contributed by atoms with Gasteiger partial charge >= 0.3 is 6.03 Å². The molecule has 120 valence electrons. The van der Waals surface area contributed by atoms with E-state index in [1.165, 1.54) is 18.2 Å². The van der Waals surface area contributed by atoms with Gasteiger partial charge in [-0.1, -0.05) is 45.7 Å². The number of hydrogen-bond donors (Lipinski definition) is 2. The second-order valence-corrected chi connectivity index (χ2v) is 5.91. The molecule has 0 atom stereocenters. The number of nitrogens with one attached hydrogen (secondary N) is 2. The van der Waals surface area contributed by atoms with Crippen molar-refractivity contribution < 1.29 is 9.72 Å². The molecular formula is C15H13BrClN3O3. The maximum atomic E-state index is 11.9. The lowest BCUT2D eigenvalue weighted by atomic mass is 10.1. The summed E-state index contributed by atoms with van der Waals surface area (Å²) in [6.07, 6.45) is 0.650.